The Labute approximate surface area is 112 Å². The molecule has 2 rings (SSSR count). The van der Waals surface area contributed by atoms with Gasteiger partial charge in [-0.2, -0.15) is 0 Å². The molecular formula is C16H16O3. The van der Waals surface area contributed by atoms with Crippen LogP contribution in [0.5, 0.6) is 0 Å². The predicted molar refractivity (Wildman–Crippen MR) is 73.9 cm³/mol. The Hall–Kier alpha value is -2.13. The fourth-order valence-corrected chi connectivity index (χ4v) is 2.07. The summed E-state index contributed by atoms with van der Waals surface area (Å²) in [6, 6.07) is 13.4. The van der Waals surface area contributed by atoms with Gasteiger partial charge < -0.3 is 9.84 Å². The van der Waals surface area contributed by atoms with E-state index in [2.05, 4.69) is 36.8 Å². The van der Waals surface area contributed by atoms with Crippen LogP contribution >= 0.6 is 0 Å². The summed E-state index contributed by atoms with van der Waals surface area (Å²) in [5.41, 5.74) is 5.06. The van der Waals surface area contributed by atoms with Gasteiger partial charge in [-0.15, -0.1) is 0 Å². The van der Waals surface area contributed by atoms with Crippen molar-refractivity contribution in [1.29, 1.82) is 0 Å². The summed E-state index contributed by atoms with van der Waals surface area (Å²) in [7, 11) is 0. The number of carbonyl (C=O) groups is 1. The molecule has 0 fully saturated rings. The first kappa shape index (κ1) is 13.3. The van der Waals surface area contributed by atoms with Crippen LogP contribution in [0.3, 0.4) is 0 Å². The topological polar surface area (TPSA) is 46.5 Å². The molecule has 19 heavy (non-hydrogen) atoms. The van der Waals surface area contributed by atoms with E-state index in [0.717, 1.165) is 11.1 Å². The van der Waals surface area contributed by atoms with Crippen LogP contribution < -0.4 is 0 Å². The van der Waals surface area contributed by atoms with E-state index < -0.39 is 12.8 Å². The summed E-state index contributed by atoms with van der Waals surface area (Å²) in [5.74, 6) is -0.519. The quantitative estimate of drug-likeness (QED) is 0.678. The molecule has 0 amide bonds. The molecule has 1 N–H and O–H groups in total. The average Bonchev–Trinajstić information content (AvgIpc) is 2.39. The largest absolute Gasteiger partial charge is 0.435 e. The molecule has 0 saturated carbocycles. The minimum atomic E-state index is -0.600. The molecule has 0 saturated heterocycles. The molecule has 0 aliphatic heterocycles. The maximum atomic E-state index is 11.4. The lowest BCUT2D eigenvalue weighted by atomic mass is 9.98. The zero-order chi connectivity index (χ0) is 13.8. The van der Waals surface area contributed by atoms with Crippen LogP contribution in [0.4, 0.5) is 0 Å². The van der Waals surface area contributed by atoms with Crippen molar-refractivity contribution in [3.8, 4) is 11.1 Å². The molecule has 0 atom stereocenters. The number of hydrogen-bond donors (Lipinski definition) is 1. The summed E-state index contributed by atoms with van der Waals surface area (Å²) < 4.78 is 4.53. The van der Waals surface area contributed by atoms with Crippen molar-refractivity contribution in [2.24, 2.45) is 0 Å². The molecule has 0 aliphatic rings. The highest BCUT2D eigenvalue weighted by Gasteiger charge is 2.07. The normalized spacial score (nSPS) is 10.3. The number of ether oxygens (including phenoxy) is 1. The van der Waals surface area contributed by atoms with Crippen molar-refractivity contribution in [2.75, 3.05) is 6.79 Å². The number of aliphatic hydroxyl groups is 1. The summed E-state index contributed by atoms with van der Waals surface area (Å²) in [6.07, 6.45) is 0. The molecule has 3 nitrogen and oxygen atoms in total. The van der Waals surface area contributed by atoms with E-state index in [1.165, 1.54) is 11.1 Å². The van der Waals surface area contributed by atoms with Gasteiger partial charge in [0, 0.05) is 0 Å². The molecule has 0 bridgehead atoms. The molecule has 0 aromatic heterocycles. The predicted octanol–water partition coefficient (Wildman–Crippen LogP) is 3.08. The molecule has 2 aromatic rings. The van der Waals surface area contributed by atoms with Crippen molar-refractivity contribution in [1.82, 2.24) is 0 Å². The van der Waals surface area contributed by atoms with Gasteiger partial charge in [0.2, 0.25) is 0 Å². The maximum absolute atomic E-state index is 11.4. The van der Waals surface area contributed by atoms with Crippen molar-refractivity contribution < 1.29 is 14.6 Å². The average molecular weight is 256 g/mol. The Morgan fingerprint density at radius 2 is 1.79 bits per heavy atom. The van der Waals surface area contributed by atoms with Gasteiger partial charge in [-0.3, -0.25) is 0 Å². The van der Waals surface area contributed by atoms with Crippen LogP contribution in [-0.2, 0) is 4.74 Å². The zero-order valence-corrected chi connectivity index (χ0v) is 11.0. The van der Waals surface area contributed by atoms with Crippen LogP contribution in [0, 0.1) is 13.8 Å². The first-order valence-corrected chi connectivity index (χ1v) is 6.07. The van der Waals surface area contributed by atoms with Crippen molar-refractivity contribution in [2.45, 2.75) is 13.8 Å². The third-order valence-electron chi connectivity index (χ3n) is 3.01. The number of benzene rings is 2. The van der Waals surface area contributed by atoms with E-state index in [1.807, 2.05) is 12.1 Å². The van der Waals surface area contributed by atoms with E-state index in [1.54, 1.807) is 12.1 Å². The lowest BCUT2D eigenvalue weighted by Crippen LogP contribution is -2.05. The fourth-order valence-electron chi connectivity index (χ4n) is 2.07. The van der Waals surface area contributed by atoms with Crippen molar-refractivity contribution >= 4 is 5.97 Å². The number of esters is 1. The Bertz CT molecular complexity index is 585. The second kappa shape index (κ2) is 5.67. The Morgan fingerprint density at radius 1 is 1.11 bits per heavy atom. The van der Waals surface area contributed by atoms with Gasteiger partial charge in [0.25, 0.3) is 0 Å². The molecule has 98 valence electrons. The summed E-state index contributed by atoms with van der Waals surface area (Å²) in [6.45, 7) is 3.53. The van der Waals surface area contributed by atoms with E-state index in [0.29, 0.717) is 5.56 Å². The third kappa shape index (κ3) is 3.01. The summed E-state index contributed by atoms with van der Waals surface area (Å²) >= 11 is 0. The molecule has 3 heteroatoms. The molecule has 0 heterocycles. The molecular weight excluding hydrogens is 240 g/mol. The van der Waals surface area contributed by atoms with Crippen molar-refractivity contribution in [3.63, 3.8) is 0 Å². The highest BCUT2D eigenvalue weighted by Crippen LogP contribution is 2.24. The second-order valence-corrected chi connectivity index (χ2v) is 4.46. The fraction of sp³-hybridized carbons (Fsp3) is 0.188. The van der Waals surface area contributed by atoms with Gasteiger partial charge in [0.05, 0.1) is 5.56 Å². The monoisotopic (exact) mass is 256 g/mol. The first-order chi connectivity index (χ1) is 9.11. The molecule has 0 spiro atoms. The highest BCUT2D eigenvalue weighted by molar-refractivity contribution is 5.90. The minimum absolute atomic E-state index is 0.433. The number of hydrogen-bond acceptors (Lipinski definition) is 3. The minimum Gasteiger partial charge on any atom is -0.435 e. The first-order valence-electron chi connectivity index (χ1n) is 6.07. The van der Waals surface area contributed by atoms with Gasteiger partial charge in [-0.25, -0.2) is 4.79 Å². The summed E-state index contributed by atoms with van der Waals surface area (Å²) in [5, 5.41) is 8.55. The van der Waals surface area contributed by atoms with Crippen LogP contribution in [0.15, 0.2) is 42.5 Å². The van der Waals surface area contributed by atoms with E-state index in [4.69, 9.17) is 5.11 Å². The number of rotatable bonds is 3. The van der Waals surface area contributed by atoms with E-state index >= 15 is 0 Å². The second-order valence-electron chi connectivity index (χ2n) is 4.46. The molecule has 0 radical (unpaired) electrons. The van der Waals surface area contributed by atoms with E-state index in [-0.39, 0.29) is 0 Å². The Kier molecular flexibility index (Phi) is 3.97. The molecule has 0 unspecified atom stereocenters. The van der Waals surface area contributed by atoms with Crippen LogP contribution in [0.2, 0.25) is 0 Å². The van der Waals surface area contributed by atoms with E-state index in [9.17, 15) is 4.79 Å². The van der Waals surface area contributed by atoms with Crippen LogP contribution in [0.25, 0.3) is 11.1 Å². The third-order valence-corrected chi connectivity index (χ3v) is 3.01. The van der Waals surface area contributed by atoms with Gasteiger partial charge in [-0.1, -0.05) is 35.9 Å². The smallest absolute Gasteiger partial charge is 0.340 e. The van der Waals surface area contributed by atoms with Gasteiger partial charge in [0.15, 0.2) is 6.79 Å². The van der Waals surface area contributed by atoms with Gasteiger partial charge >= 0.3 is 5.97 Å². The summed E-state index contributed by atoms with van der Waals surface area (Å²) in [4.78, 5) is 11.4. The SMILES string of the molecule is Cc1ccc(-c2ccc(C(=O)OCO)cc2)c(C)c1. The standard InChI is InChI=1S/C16H16O3/c1-11-3-8-15(12(2)9-11)13-4-6-14(7-5-13)16(18)19-10-17/h3-9,17H,10H2,1-2H3. The van der Waals surface area contributed by atoms with Crippen LogP contribution in [0.1, 0.15) is 21.5 Å². The van der Waals surface area contributed by atoms with Gasteiger partial charge in [-0.05, 0) is 42.7 Å². The Balaban J connectivity index is 2.30. The molecule has 0 aliphatic carbocycles. The number of carbonyl (C=O) groups excluding carboxylic acids is 1. The number of aryl methyl sites for hydroxylation is 2. The highest BCUT2D eigenvalue weighted by atomic mass is 16.6. The van der Waals surface area contributed by atoms with Crippen LogP contribution in [-0.4, -0.2) is 17.9 Å². The number of aliphatic hydroxyl groups excluding tert-OH is 1. The van der Waals surface area contributed by atoms with Crippen molar-refractivity contribution in [3.05, 3.63) is 59.2 Å². The lowest BCUT2D eigenvalue weighted by Gasteiger charge is -2.08. The lowest BCUT2D eigenvalue weighted by molar-refractivity contribution is 0.00684. The Morgan fingerprint density at radius 3 is 2.37 bits per heavy atom. The van der Waals surface area contributed by atoms with Gasteiger partial charge in [0.1, 0.15) is 0 Å². The maximum Gasteiger partial charge on any atom is 0.340 e. The molecule has 2 aromatic carbocycles. The zero-order valence-electron chi connectivity index (χ0n) is 11.0.